The fourth-order valence-corrected chi connectivity index (χ4v) is 2.31. The fourth-order valence-electron chi connectivity index (χ4n) is 1.79. The molecule has 1 saturated heterocycles. The van der Waals surface area contributed by atoms with Crippen LogP contribution in [0.25, 0.3) is 0 Å². The summed E-state index contributed by atoms with van der Waals surface area (Å²) in [6, 6.07) is 0. The molecule has 0 bridgehead atoms. The first-order valence-corrected chi connectivity index (χ1v) is 5.88. The molecule has 1 aromatic rings. The molecule has 1 N–H and O–H groups in total. The lowest BCUT2D eigenvalue weighted by Gasteiger charge is -2.19. The second-order valence-electron chi connectivity index (χ2n) is 4.22. The number of amides is 1. The molecule has 0 saturated carbocycles. The minimum Gasteiger partial charge on any atom is -0.481 e. The van der Waals surface area contributed by atoms with Crippen LogP contribution in [-0.4, -0.2) is 40.0 Å². The Morgan fingerprint density at radius 1 is 1.62 bits per heavy atom. The van der Waals surface area contributed by atoms with Crippen molar-refractivity contribution < 1.29 is 14.7 Å². The first-order chi connectivity index (χ1) is 7.53. The number of likely N-dealkylation sites (tertiary alicyclic amines) is 1. The van der Waals surface area contributed by atoms with E-state index in [1.165, 1.54) is 11.3 Å². The SMILES string of the molecule is CC1(C(=O)O)CCN(C(=O)c2cscn2)C1. The normalized spacial score (nSPS) is 24.7. The molecule has 5 nitrogen and oxygen atoms in total. The maximum Gasteiger partial charge on any atom is 0.311 e. The molecule has 86 valence electrons. The molecular formula is C10H12N2O3S. The number of carboxylic acids is 1. The molecule has 1 atom stereocenters. The van der Waals surface area contributed by atoms with Crippen LogP contribution < -0.4 is 0 Å². The summed E-state index contributed by atoms with van der Waals surface area (Å²) in [4.78, 5) is 28.4. The quantitative estimate of drug-likeness (QED) is 0.839. The van der Waals surface area contributed by atoms with Crippen LogP contribution in [0.1, 0.15) is 23.8 Å². The van der Waals surface area contributed by atoms with E-state index in [0.29, 0.717) is 18.7 Å². The Kier molecular flexibility index (Phi) is 2.67. The third-order valence-electron chi connectivity index (χ3n) is 2.93. The molecule has 0 radical (unpaired) electrons. The van der Waals surface area contributed by atoms with Gasteiger partial charge in [-0.25, -0.2) is 4.98 Å². The molecule has 1 fully saturated rings. The standard InChI is InChI=1S/C10H12N2O3S/c1-10(9(14)15)2-3-12(5-10)8(13)7-4-16-6-11-7/h4,6H,2-3,5H2,1H3,(H,14,15). The van der Waals surface area contributed by atoms with Crippen LogP contribution >= 0.6 is 11.3 Å². The maximum atomic E-state index is 11.9. The molecule has 6 heteroatoms. The van der Waals surface area contributed by atoms with Crippen molar-refractivity contribution in [1.29, 1.82) is 0 Å². The van der Waals surface area contributed by atoms with Crippen molar-refractivity contribution >= 4 is 23.2 Å². The molecular weight excluding hydrogens is 228 g/mol. The second kappa shape index (κ2) is 3.86. The Morgan fingerprint density at radius 3 is 2.88 bits per heavy atom. The summed E-state index contributed by atoms with van der Waals surface area (Å²) >= 11 is 1.36. The van der Waals surface area contributed by atoms with Crippen molar-refractivity contribution in [3.8, 4) is 0 Å². The predicted octanol–water partition coefficient (Wildman–Crippen LogP) is 1.08. The van der Waals surface area contributed by atoms with Gasteiger partial charge in [-0.05, 0) is 13.3 Å². The maximum absolute atomic E-state index is 11.9. The third kappa shape index (κ3) is 1.80. The summed E-state index contributed by atoms with van der Waals surface area (Å²) in [5.41, 5.74) is 1.19. The van der Waals surface area contributed by atoms with E-state index in [2.05, 4.69) is 4.98 Å². The van der Waals surface area contributed by atoms with E-state index in [0.717, 1.165) is 0 Å². The average Bonchev–Trinajstić information content (AvgIpc) is 2.85. The molecule has 0 aromatic carbocycles. The number of rotatable bonds is 2. The van der Waals surface area contributed by atoms with Gasteiger partial charge in [-0.1, -0.05) is 0 Å². The number of aromatic nitrogens is 1. The average molecular weight is 240 g/mol. The first kappa shape index (κ1) is 11.1. The van der Waals surface area contributed by atoms with Gasteiger partial charge in [-0.15, -0.1) is 11.3 Å². The van der Waals surface area contributed by atoms with Crippen LogP contribution in [0.5, 0.6) is 0 Å². The zero-order chi connectivity index (χ0) is 11.8. The second-order valence-corrected chi connectivity index (χ2v) is 4.93. The van der Waals surface area contributed by atoms with E-state index in [1.54, 1.807) is 22.7 Å². The van der Waals surface area contributed by atoms with E-state index in [9.17, 15) is 9.59 Å². The van der Waals surface area contributed by atoms with Gasteiger partial charge in [-0.2, -0.15) is 0 Å². The van der Waals surface area contributed by atoms with Crippen LogP contribution in [0, 0.1) is 5.41 Å². The molecule has 1 unspecified atom stereocenters. The highest BCUT2D eigenvalue weighted by Crippen LogP contribution is 2.30. The number of carbonyl (C=O) groups is 2. The lowest BCUT2D eigenvalue weighted by atomic mass is 9.90. The van der Waals surface area contributed by atoms with E-state index in [1.807, 2.05) is 0 Å². The molecule has 2 heterocycles. The zero-order valence-corrected chi connectivity index (χ0v) is 9.66. The van der Waals surface area contributed by atoms with Crippen molar-refractivity contribution in [3.05, 3.63) is 16.6 Å². The Balaban J connectivity index is 2.10. The highest BCUT2D eigenvalue weighted by atomic mass is 32.1. The van der Waals surface area contributed by atoms with Gasteiger partial charge in [0.2, 0.25) is 0 Å². The Morgan fingerprint density at radius 2 is 2.38 bits per heavy atom. The van der Waals surface area contributed by atoms with Crippen molar-refractivity contribution in [2.75, 3.05) is 13.1 Å². The summed E-state index contributed by atoms with van der Waals surface area (Å²) in [6.07, 6.45) is 0.498. The first-order valence-electron chi connectivity index (χ1n) is 4.94. The van der Waals surface area contributed by atoms with Crippen molar-refractivity contribution in [3.63, 3.8) is 0 Å². The third-order valence-corrected chi connectivity index (χ3v) is 3.51. The molecule has 1 amide bonds. The van der Waals surface area contributed by atoms with Crippen LogP contribution in [0.3, 0.4) is 0 Å². The summed E-state index contributed by atoms with van der Waals surface area (Å²) in [6.45, 7) is 2.42. The summed E-state index contributed by atoms with van der Waals surface area (Å²) in [5, 5.41) is 10.7. The van der Waals surface area contributed by atoms with Gasteiger partial charge < -0.3 is 10.0 Å². The molecule has 1 aliphatic heterocycles. The van der Waals surface area contributed by atoms with E-state index in [4.69, 9.17) is 5.11 Å². The number of carbonyl (C=O) groups excluding carboxylic acids is 1. The van der Waals surface area contributed by atoms with Crippen molar-refractivity contribution in [2.24, 2.45) is 5.41 Å². The monoisotopic (exact) mass is 240 g/mol. The number of nitrogens with zero attached hydrogens (tertiary/aromatic N) is 2. The summed E-state index contributed by atoms with van der Waals surface area (Å²) < 4.78 is 0. The highest BCUT2D eigenvalue weighted by molar-refractivity contribution is 7.07. The minimum absolute atomic E-state index is 0.175. The number of hydrogen-bond donors (Lipinski definition) is 1. The van der Waals surface area contributed by atoms with E-state index < -0.39 is 11.4 Å². The molecule has 16 heavy (non-hydrogen) atoms. The largest absolute Gasteiger partial charge is 0.481 e. The molecule has 1 aliphatic rings. The smallest absolute Gasteiger partial charge is 0.311 e. The molecule has 0 aliphatic carbocycles. The van der Waals surface area contributed by atoms with Gasteiger partial charge in [0.25, 0.3) is 5.91 Å². The van der Waals surface area contributed by atoms with Crippen LogP contribution in [0.4, 0.5) is 0 Å². The van der Waals surface area contributed by atoms with Gasteiger partial charge in [0.05, 0.1) is 10.9 Å². The fraction of sp³-hybridized carbons (Fsp3) is 0.500. The lowest BCUT2D eigenvalue weighted by molar-refractivity contribution is -0.147. The Labute approximate surface area is 96.7 Å². The van der Waals surface area contributed by atoms with Crippen molar-refractivity contribution in [1.82, 2.24) is 9.88 Å². The van der Waals surface area contributed by atoms with Gasteiger partial charge in [0.15, 0.2) is 0 Å². The number of thiazole rings is 1. The van der Waals surface area contributed by atoms with Crippen LogP contribution in [0.2, 0.25) is 0 Å². The van der Waals surface area contributed by atoms with Crippen molar-refractivity contribution in [2.45, 2.75) is 13.3 Å². The van der Waals surface area contributed by atoms with Crippen LogP contribution in [-0.2, 0) is 4.79 Å². The van der Waals surface area contributed by atoms with Gasteiger partial charge in [0.1, 0.15) is 5.69 Å². The molecule has 1 aromatic heterocycles. The van der Waals surface area contributed by atoms with Crippen LogP contribution in [0.15, 0.2) is 10.9 Å². The topological polar surface area (TPSA) is 70.5 Å². The van der Waals surface area contributed by atoms with Gasteiger partial charge in [-0.3, -0.25) is 9.59 Å². The number of hydrogen-bond acceptors (Lipinski definition) is 4. The number of carboxylic acid groups (broad SMARTS) is 1. The Bertz CT molecular complexity index is 418. The van der Waals surface area contributed by atoms with E-state index in [-0.39, 0.29) is 12.5 Å². The number of aliphatic carboxylic acids is 1. The highest BCUT2D eigenvalue weighted by Gasteiger charge is 2.42. The Hall–Kier alpha value is -1.43. The summed E-state index contributed by atoms with van der Waals surface area (Å²) in [7, 11) is 0. The minimum atomic E-state index is -0.846. The molecule has 0 spiro atoms. The summed E-state index contributed by atoms with van der Waals surface area (Å²) in [5.74, 6) is -1.02. The van der Waals surface area contributed by atoms with E-state index >= 15 is 0 Å². The lowest BCUT2D eigenvalue weighted by Crippen LogP contribution is -2.34. The van der Waals surface area contributed by atoms with Gasteiger partial charge in [0, 0.05) is 18.5 Å². The zero-order valence-electron chi connectivity index (χ0n) is 8.84. The van der Waals surface area contributed by atoms with Gasteiger partial charge >= 0.3 is 5.97 Å². The predicted molar refractivity (Wildman–Crippen MR) is 58.4 cm³/mol. The molecule has 2 rings (SSSR count).